The van der Waals surface area contributed by atoms with E-state index in [0.717, 1.165) is 38.1 Å². The van der Waals surface area contributed by atoms with Crippen molar-refractivity contribution in [2.45, 2.75) is 44.2 Å². The van der Waals surface area contributed by atoms with Crippen molar-refractivity contribution < 1.29 is 14.3 Å². The average Bonchev–Trinajstić information content (AvgIpc) is 2.85. The Hall–Kier alpha value is -1.88. The number of carbonyl (C=O) groups excluding carboxylic acids is 2. The van der Waals surface area contributed by atoms with Crippen molar-refractivity contribution in [1.82, 2.24) is 10.2 Å². The quantitative estimate of drug-likeness (QED) is 0.844. The monoisotopic (exact) mass is 316 g/mol. The molecular formula is C18H24N2O3. The van der Waals surface area contributed by atoms with Gasteiger partial charge in [0, 0.05) is 37.0 Å². The molecule has 2 fully saturated rings. The molecule has 1 aromatic rings. The van der Waals surface area contributed by atoms with E-state index in [-0.39, 0.29) is 18.1 Å². The number of fused-ring (bicyclic) bond motifs is 2. The molecule has 0 saturated carbocycles. The summed E-state index contributed by atoms with van der Waals surface area (Å²) in [5, 5.41) is 3.39. The van der Waals surface area contributed by atoms with Gasteiger partial charge in [0.2, 0.25) is 5.91 Å². The highest BCUT2D eigenvalue weighted by Gasteiger charge is 2.37. The van der Waals surface area contributed by atoms with Crippen LogP contribution >= 0.6 is 0 Å². The van der Waals surface area contributed by atoms with Gasteiger partial charge in [-0.1, -0.05) is 0 Å². The minimum atomic E-state index is 0.0151. The number of amides is 1. The summed E-state index contributed by atoms with van der Waals surface area (Å²) in [6, 6.07) is 7.73. The molecule has 1 amide bonds. The highest BCUT2D eigenvalue weighted by atomic mass is 16.5. The first-order chi connectivity index (χ1) is 11.2. The van der Waals surface area contributed by atoms with Crippen molar-refractivity contribution in [3.8, 4) is 5.75 Å². The standard InChI is InChI=1S/C18H24N2O3/c1-23-16-6-2-13(3-7-16)17(21)8-9-18(22)20-14-4-5-15(20)12-19-11-10-14/h2-3,6-7,14-15,19H,4-5,8-12H2,1H3/t14-,15+/m0/s1. The third-order valence-electron chi connectivity index (χ3n) is 4.92. The Balaban J connectivity index is 1.56. The summed E-state index contributed by atoms with van der Waals surface area (Å²) < 4.78 is 5.09. The molecule has 1 N–H and O–H groups in total. The number of benzene rings is 1. The summed E-state index contributed by atoms with van der Waals surface area (Å²) in [7, 11) is 1.60. The number of ether oxygens (including phenoxy) is 1. The van der Waals surface area contributed by atoms with Crippen LogP contribution in [0.5, 0.6) is 5.75 Å². The minimum absolute atomic E-state index is 0.0151. The zero-order valence-corrected chi connectivity index (χ0v) is 13.6. The van der Waals surface area contributed by atoms with Crippen LogP contribution in [-0.4, -0.2) is 48.9 Å². The Morgan fingerprint density at radius 3 is 2.61 bits per heavy atom. The molecule has 23 heavy (non-hydrogen) atoms. The molecule has 124 valence electrons. The van der Waals surface area contributed by atoms with Gasteiger partial charge in [0.05, 0.1) is 7.11 Å². The summed E-state index contributed by atoms with van der Waals surface area (Å²) in [5.41, 5.74) is 0.638. The van der Waals surface area contributed by atoms with E-state index < -0.39 is 0 Å². The molecule has 0 aliphatic carbocycles. The SMILES string of the molecule is COc1ccc(C(=O)CCC(=O)N2[C@@H]3CCNC[C@H]2CC3)cc1. The molecule has 3 rings (SSSR count). The predicted molar refractivity (Wildman–Crippen MR) is 87.7 cm³/mol. The van der Waals surface area contributed by atoms with Crippen LogP contribution in [0.3, 0.4) is 0 Å². The van der Waals surface area contributed by atoms with E-state index in [1.165, 1.54) is 0 Å². The van der Waals surface area contributed by atoms with Gasteiger partial charge in [0.25, 0.3) is 0 Å². The van der Waals surface area contributed by atoms with E-state index in [0.29, 0.717) is 24.1 Å². The number of carbonyl (C=O) groups is 2. The molecule has 0 spiro atoms. The van der Waals surface area contributed by atoms with Gasteiger partial charge >= 0.3 is 0 Å². The van der Waals surface area contributed by atoms with Crippen LogP contribution in [-0.2, 0) is 4.79 Å². The van der Waals surface area contributed by atoms with Crippen LogP contribution in [0, 0.1) is 0 Å². The molecule has 0 aromatic heterocycles. The van der Waals surface area contributed by atoms with E-state index in [2.05, 4.69) is 5.32 Å². The molecular weight excluding hydrogens is 292 g/mol. The summed E-state index contributed by atoms with van der Waals surface area (Å²) >= 11 is 0. The topological polar surface area (TPSA) is 58.6 Å². The van der Waals surface area contributed by atoms with Gasteiger partial charge in [-0.15, -0.1) is 0 Å². The first-order valence-electron chi connectivity index (χ1n) is 8.38. The third kappa shape index (κ3) is 3.55. The number of rotatable bonds is 5. The lowest BCUT2D eigenvalue weighted by molar-refractivity contribution is -0.133. The first-order valence-corrected chi connectivity index (χ1v) is 8.38. The van der Waals surface area contributed by atoms with Gasteiger partial charge < -0.3 is 15.0 Å². The van der Waals surface area contributed by atoms with Crippen molar-refractivity contribution in [2.24, 2.45) is 0 Å². The first kappa shape index (κ1) is 16.0. The lowest BCUT2D eigenvalue weighted by Crippen LogP contribution is -2.42. The lowest BCUT2D eigenvalue weighted by Gasteiger charge is -2.27. The normalized spacial score (nSPS) is 23.4. The van der Waals surface area contributed by atoms with E-state index in [1.54, 1.807) is 31.4 Å². The lowest BCUT2D eigenvalue weighted by atomic mass is 10.1. The minimum Gasteiger partial charge on any atom is -0.497 e. The molecule has 5 nitrogen and oxygen atoms in total. The highest BCUT2D eigenvalue weighted by molar-refractivity contribution is 5.98. The van der Waals surface area contributed by atoms with E-state index >= 15 is 0 Å². The van der Waals surface area contributed by atoms with Gasteiger partial charge in [0.1, 0.15) is 5.75 Å². The Bertz CT molecular complexity index is 556. The molecule has 2 bridgehead atoms. The van der Waals surface area contributed by atoms with Crippen LogP contribution in [0.1, 0.15) is 42.5 Å². The zero-order chi connectivity index (χ0) is 16.2. The van der Waals surface area contributed by atoms with E-state index in [4.69, 9.17) is 4.74 Å². The van der Waals surface area contributed by atoms with Crippen molar-refractivity contribution in [1.29, 1.82) is 0 Å². The number of nitrogens with one attached hydrogen (secondary N) is 1. The summed E-state index contributed by atoms with van der Waals surface area (Å²) in [6.07, 6.45) is 3.78. The maximum absolute atomic E-state index is 12.6. The fraction of sp³-hybridized carbons (Fsp3) is 0.556. The van der Waals surface area contributed by atoms with Crippen LogP contribution in [0.25, 0.3) is 0 Å². The summed E-state index contributed by atoms with van der Waals surface area (Å²) in [4.78, 5) is 26.9. The summed E-state index contributed by atoms with van der Waals surface area (Å²) in [6.45, 7) is 1.87. The number of ketones is 1. The third-order valence-corrected chi connectivity index (χ3v) is 4.92. The highest BCUT2D eigenvalue weighted by Crippen LogP contribution is 2.28. The zero-order valence-electron chi connectivity index (χ0n) is 13.6. The molecule has 0 radical (unpaired) electrons. The Morgan fingerprint density at radius 2 is 1.87 bits per heavy atom. The van der Waals surface area contributed by atoms with Crippen molar-refractivity contribution in [2.75, 3.05) is 20.2 Å². The average molecular weight is 316 g/mol. The molecule has 2 aliphatic rings. The summed E-state index contributed by atoms with van der Waals surface area (Å²) in [5.74, 6) is 0.871. The molecule has 2 heterocycles. The van der Waals surface area contributed by atoms with Crippen LogP contribution < -0.4 is 10.1 Å². The fourth-order valence-corrected chi connectivity index (χ4v) is 3.66. The molecule has 2 aliphatic heterocycles. The van der Waals surface area contributed by atoms with Gasteiger partial charge in [0.15, 0.2) is 5.78 Å². The maximum Gasteiger partial charge on any atom is 0.223 e. The second kappa shape index (κ2) is 7.13. The Morgan fingerprint density at radius 1 is 1.13 bits per heavy atom. The van der Waals surface area contributed by atoms with E-state index in [9.17, 15) is 9.59 Å². The second-order valence-corrected chi connectivity index (χ2v) is 6.33. The van der Waals surface area contributed by atoms with Crippen LogP contribution in [0.4, 0.5) is 0 Å². The van der Waals surface area contributed by atoms with Gasteiger partial charge in [-0.2, -0.15) is 0 Å². The number of methoxy groups -OCH3 is 1. The second-order valence-electron chi connectivity index (χ2n) is 6.33. The van der Waals surface area contributed by atoms with E-state index in [1.807, 2.05) is 4.90 Å². The van der Waals surface area contributed by atoms with Crippen molar-refractivity contribution in [3.63, 3.8) is 0 Å². The molecule has 1 aromatic carbocycles. The van der Waals surface area contributed by atoms with Crippen LogP contribution in [0.15, 0.2) is 24.3 Å². The molecule has 2 saturated heterocycles. The number of hydrogen-bond donors (Lipinski definition) is 1. The largest absolute Gasteiger partial charge is 0.497 e. The predicted octanol–water partition coefficient (Wildman–Crippen LogP) is 2.01. The smallest absolute Gasteiger partial charge is 0.223 e. The molecule has 5 heteroatoms. The number of hydrogen-bond acceptors (Lipinski definition) is 4. The van der Waals surface area contributed by atoms with Gasteiger partial charge in [-0.05, 0) is 50.1 Å². The fourth-order valence-electron chi connectivity index (χ4n) is 3.66. The molecule has 0 unspecified atom stereocenters. The van der Waals surface area contributed by atoms with Crippen LogP contribution in [0.2, 0.25) is 0 Å². The van der Waals surface area contributed by atoms with Crippen molar-refractivity contribution in [3.05, 3.63) is 29.8 Å². The maximum atomic E-state index is 12.6. The number of nitrogens with zero attached hydrogens (tertiary/aromatic N) is 1. The Kier molecular flexibility index (Phi) is 4.96. The van der Waals surface area contributed by atoms with Crippen molar-refractivity contribution >= 4 is 11.7 Å². The van der Waals surface area contributed by atoms with Gasteiger partial charge in [-0.3, -0.25) is 9.59 Å². The number of Topliss-reactive ketones (excluding diaryl/α,β-unsaturated/α-hetero) is 1. The van der Waals surface area contributed by atoms with Gasteiger partial charge in [-0.25, -0.2) is 0 Å². The Labute approximate surface area is 137 Å². The molecule has 2 atom stereocenters.